The van der Waals surface area contributed by atoms with Gasteiger partial charge in [0.2, 0.25) is 10.0 Å². The first-order valence-electron chi connectivity index (χ1n) is 6.18. The van der Waals surface area contributed by atoms with Gasteiger partial charge in [-0.3, -0.25) is 5.10 Å². The highest BCUT2D eigenvalue weighted by Gasteiger charge is 2.19. The van der Waals surface area contributed by atoms with Crippen LogP contribution in [-0.2, 0) is 23.1 Å². The maximum absolute atomic E-state index is 12.3. The lowest BCUT2D eigenvalue weighted by atomic mass is 10.2. The van der Waals surface area contributed by atoms with Crippen LogP contribution in [0.25, 0.3) is 0 Å². The minimum Gasteiger partial charge on any atom is -0.392 e. The Morgan fingerprint density at radius 2 is 2.19 bits per heavy atom. The number of hydrogen-bond donors (Lipinski definition) is 3. The van der Waals surface area contributed by atoms with Crippen LogP contribution in [0.15, 0.2) is 27.8 Å². The van der Waals surface area contributed by atoms with Crippen molar-refractivity contribution in [2.75, 3.05) is 6.54 Å². The molecule has 7 nitrogen and oxygen atoms in total. The van der Waals surface area contributed by atoms with Crippen LogP contribution in [0, 0.1) is 6.92 Å². The Hall–Kier alpha value is -1.29. The third kappa shape index (κ3) is 3.88. The van der Waals surface area contributed by atoms with Gasteiger partial charge in [0.15, 0.2) is 0 Å². The van der Waals surface area contributed by atoms with Crippen molar-refractivity contribution in [3.8, 4) is 0 Å². The molecule has 0 amide bonds. The zero-order chi connectivity index (χ0) is 15.5. The fraction of sp³-hybridized carbons (Fsp3) is 0.333. The van der Waals surface area contributed by atoms with Crippen molar-refractivity contribution in [3.63, 3.8) is 0 Å². The van der Waals surface area contributed by atoms with Crippen molar-refractivity contribution in [3.05, 3.63) is 39.9 Å². The average Bonchev–Trinajstić information content (AvgIpc) is 2.94. The summed E-state index contributed by atoms with van der Waals surface area (Å²) in [5.41, 5.74) is 1.13. The van der Waals surface area contributed by atoms with Gasteiger partial charge in [-0.15, -0.1) is 0 Å². The highest BCUT2D eigenvalue weighted by Crippen LogP contribution is 2.25. The molecule has 3 N–H and O–H groups in total. The predicted molar refractivity (Wildman–Crippen MR) is 80.1 cm³/mol. The van der Waals surface area contributed by atoms with Crippen molar-refractivity contribution >= 4 is 26.0 Å². The van der Waals surface area contributed by atoms with Crippen molar-refractivity contribution in [2.45, 2.75) is 24.8 Å². The first-order chi connectivity index (χ1) is 9.94. The lowest BCUT2D eigenvalue weighted by molar-refractivity contribution is 0.281. The van der Waals surface area contributed by atoms with Gasteiger partial charge in [-0.1, -0.05) is 15.9 Å². The van der Waals surface area contributed by atoms with E-state index in [0.29, 0.717) is 27.8 Å². The van der Waals surface area contributed by atoms with Crippen LogP contribution in [0.5, 0.6) is 0 Å². The van der Waals surface area contributed by atoms with E-state index in [1.54, 1.807) is 13.0 Å². The van der Waals surface area contributed by atoms with Crippen LogP contribution >= 0.6 is 15.9 Å². The number of benzene rings is 1. The Morgan fingerprint density at radius 1 is 1.43 bits per heavy atom. The van der Waals surface area contributed by atoms with Crippen molar-refractivity contribution in [1.29, 1.82) is 0 Å². The lowest BCUT2D eigenvalue weighted by Gasteiger charge is -2.12. The summed E-state index contributed by atoms with van der Waals surface area (Å²) in [6.45, 7) is 1.69. The molecule has 0 aliphatic carbocycles. The third-order valence-corrected chi connectivity index (χ3v) is 5.36. The smallest absolute Gasteiger partial charge is 0.240 e. The molecule has 0 saturated carbocycles. The quantitative estimate of drug-likeness (QED) is 0.695. The SMILES string of the molecule is Cc1c(Br)cc(CO)cc1S(=O)(=O)NCCc1ncn[nH]1. The van der Waals surface area contributed by atoms with Crippen LogP contribution in [0.2, 0.25) is 0 Å². The van der Waals surface area contributed by atoms with Crippen LogP contribution < -0.4 is 4.72 Å². The number of aromatic amines is 1. The van der Waals surface area contributed by atoms with Gasteiger partial charge in [-0.2, -0.15) is 5.10 Å². The molecule has 0 radical (unpaired) electrons. The van der Waals surface area contributed by atoms with Gasteiger partial charge in [-0.05, 0) is 30.2 Å². The Bertz CT molecular complexity index is 716. The number of aliphatic hydroxyl groups excluding tert-OH is 1. The summed E-state index contributed by atoms with van der Waals surface area (Å²) in [4.78, 5) is 4.08. The summed E-state index contributed by atoms with van der Waals surface area (Å²) in [6, 6.07) is 3.17. The van der Waals surface area contributed by atoms with E-state index in [0.717, 1.165) is 0 Å². The number of halogens is 1. The van der Waals surface area contributed by atoms with Gasteiger partial charge in [0.1, 0.15) is 12.2 Å². The lowest BCUT2D eigenvalue weighted by Crippen LogP contribution is -2.27. The summed E-state index contributed by atoms with van der Waals surface area (Å²) in [7, 11) is -3.65. The third-order valence-electron chi connectivity index (χ3n) is 2.95. The van der Waals surface area contributed by atoms with Crippen LogP contribution in [0.1, 0.15) is 17.0 Å². The van der Waals surface area contributed by atoms with E-state index in [-0.39, 0.29) is 18.0 Å². The largest absolute Gasteiger partial charge is 0.392 e. The summed E-state index contributed by atoms with van der Waals surface area (Å²) in [6.07, 6.45) is 1.79. The number of nitrogens with one attached hydrogen (secondary N) is 2. The monoisotopic (exact) mass is 374 g/mol. The number of hydrogen-bond acceptors (Lipinski definition) is 5. The molecule has 0 spiro atoms. The molecule has 0 saturated heterocycles. The minimum atomic E-state index is -3.65. The predicted octanol–water partition coefficient (Wildman–Crippen LogP) is 0.889. The molecular formula is C12H15BrN4O3S. The molecule has 0 fully saturated rings. The minimum absolute atomic E-state index is 0.151. The van der Waals surface area contributed by atoms with Crippen LogP contribution in [0.3, 0.4) is 0 Å². The van der Waals surface area contributed by atoms with Gasteiger partial charge in [0.25, 0.3) is 0 Å². The first-order valence-corrected chi connectivity index (χ1v) is 8.45. The van der Waals surface area contributed by atoms with Crippen molar-refractivity contribution < 1.29 is 13.5 Å². The zero-order valence-electron chi connectivity index (χ0n) is 11.3. The molecule has 0 unspecified atom stereocenters. The Kier molecular flexibility index (Phi) is 5.09. The molecule has 9 heteroatoms. The molecule has 2 rings (SSSR count). The Labute approximate surface area is 131 Å². The fourth-order valence-corrected chi connectivity index (χ4v) is 3.79. The van der Waals surface area contributed by atoms with Gasteiger partial charge in [0, 0.05) is 17.4 Å². The molecule has 1 aromatic heterocycles. The topological polar surface area (TPSA) is 108 Å². The Balaban J connectivity index is 2.17. The van der Waals surface area contributed by atoms with E-state index in [9.17, 15) is 13.5 Å². The molecule has 114 valence electrons. The van der Waals surface area contributed by atoms with Gasteiger partial charge in [-0.25, -0.2) is 18.1 Å². The van der Waals surface area contributed by atoms with E-state index in [1.165, 1.54) is 12.4 Å². The summed E-state index contributed by atoms with van der Waals surface area (Å²) in [5.74, 6) is 0.611. The number of rotatable bonds is 6. The highest BCUT2D eigenvalue weighted by molar-refractivity contribution is 9.10. The van der Waals surface area contributed by atoms with E-state index in [1.807, 2.05) is 0 Å². The summed E-state index contributed by atoms with van der Waals surface area (Å²) >= 11 is 3.30. The maximum Gasteiger partial charge on any atom is 0.240 e. The second-order valence-electron chi connectivity index (χ2n) is 4.44. The molecule has 0 aliphatic rings. The fourth-order valence-electron chi connectivity index (χ4n) is 1.81. The molecular weight excluding hydrogens is 360 g/mol. The van der Waals surface area contributed by atoms with Crippen molar-refractivity contribution in [2.24, 2.45) is 0 Å². The molecule has 0 aliphatic heterocycles. The van der Waals surface area contributed by atoms with E-state index in [2.05, 4.69) is 35.8 Å². The standard InChI is InChI=1S/C12H15BrN4O3S/c1-8-10(13)4-9(6-18)5-11(8)21(19,20)16-3-2-12-14-7-15-17-12/h4-5,7,16,18H,2-3,6H2,1H3,(H,14,15,17). The van der Waals surface area contributed by atoms with E-state index in [4.69, 9.17) is 0 Å². The number of nitrogens with zero attached hydrogens (tertiary/aromatic N) is 2. The van der Waals surface area contributed by atoms with Crippen molar-refractivity contribution in [1.82, 2.24) is 19.9 Å². The molecule has 1 aromatic carbocycles. The summed E-state index contributed by atoms with van der Waals surface area (Å²) in [5, 5.41) is 15.6. The molecule has 0 bridgehead atoms. The average molecular weight is 375 g/mol. The van der Waals surface area contributed by atoms with Gasteiger partial charge < -0.3 is 5.11 Å². The molecule has 2 aromatic rings. The molecule has 0 atom stereocenters. The van der Waals surface area contributed by atoms with E-state index < -0.39 is 10.0 Å². The highest BCUT2D eigenvalue weighted by atomic mass is 79.9. The maximum atomic E-state index is 12.3. The summed E-state index contributed by atoms with van der Waals surface area (Å²) < 4.78 is 27.8. The second-order valence-corrected chi connectivity index (χ2v) is 7.03. The van der Waals surface area contributed by atoms with Gasteiger partial charge >= 0.3 is 0 Å². The number of aromatic nitrogens is 3. The number of aliphatic hydroxyl groups is 1. The number of H-pyrrole nitrogens is 1. The normalized spacial score (nSPS) is 11.8. The second kappa shape index (κ2) is 6.65. The Morgan fingerprint density at radius 3 is 2.81 bits per heavy atom. The first kappa shape index (κ1) is 16.1. The molecule has 21 heavy (non-hydrogen) atoms. The van der Waals surface area contributed by atoms with Gasteiger partial charge in [0.05, 0.1) is 11.5 Å². The van der Waals surface area contributed by atoms with E-state index >= 15 is 0 Å². The van der Waals surface area contributed by atoms with Crippen LogP contribution in [0.4, 0.5) is 0 Å². The zero-order valence-corrected chi connectivity index (χ0v) is 13.7. The number of sulfonamides is 1. The molecule has 1 heterocycles. The van der Waals surface area contributed by atoms with Crippen LogP contribution in [-0.4, -0.2) is 35.3 Å².